The summed E-state index contributed by atoms with van der Waals surface area (Å²) in [5.41, 5.74) is 2.90. The smallest absolute Gasteiger partial charge is 0.260 e. The fourth-order valence-electron chi connectivity index (χ4n) is 2.20. The molecule has 0 saturated heterocycles. The summed E-state index contributed by atoms with van der Waals surface area (Å²) >= 11 is 0. The molecule has 0 aliphatic rings. The molecule has 0 aliphatic carbocycles. The van der Waals surface area contributed by atoms with Crippen molar-refractivity contribution in [1.29, 1.82) is 0 Å². The lowest BCUT2D eigenvalue weighted by Gasteiger charge is -2.10. The van der Waals surface area contributed by atoms with Gasteiger partial charge in [0.05, 0.1) is 11.3 Å². The average molecular weight is 293 g/mol. The molecule has 0 atom stereocenters. The number of carbonyl (C=O) groups excluding carboxylic acids is 1. The maximum Gasteiger partial charge on any atom is 0.260 e. The van der Waals surface area contributed by atoms with Gasteiger partial charge in [0.15, 0.2) is 5.82 Å². The molecule has 5 heteroatoms. The molecule has 1 amide bonds. The van der Waals surface area contributed by atoms with E-state index in [0.717, 1.165) is 5.56 Å². The highest BCUT2D eigenvalue weighted by Crippen LogP contribution is 2.27. The molecule has 0 saturated carbocycles. The number of nitrogens with zero attached hydrogens (tertiary/aromatic N) is 2. The van der Waals surface area contributed by atoms with Gasteiger partial charge in [-0.1, -0.05) is 35.5 Å². The van der Waals surface area contributed by atoms with Gasteiger partial charge in [0.1, 0.15) is 0 Å². The van der Waals surface area contributed by atoms with Gasteiger partial charge in [0.2, 0.25) is 0 Å². The summed E-state index contributed by atoms with van der Waals surface area (Å²) in [6.45, 7) is 3.66. The van der Waals surface area contributed by atoms with Crippen molar-refractivity contribution in [3.05, 3.63) is 65.5 Å². The maximum absolute atomic E-state index is 12.4. The third-order valence-corrected chi connectivity index (χ3v) is 3.32. The summed E-state index contributed by atoms with van der Waals surface area (Å²) in [7, 11) is 0. The minimum Gasteiger partial charge on any atom is -0.334 e. The van der Waals surface area contributed by atoms with Gasteiger partial charge in [0.25, 0.3) is 11.8 Å². The normalized spacial score (nSPS) is 10.5. The molecule has 0 unspecified atom stereocenters. The number of carbonyl (C=O) groups is 1. The summed E-state index contributed by atoms with van der Waals surface area (Å²) in [5.74, 6) is 0.773. The molecule has 22 heavy (non-hydrogen) atoms. The zero-order valence-electron chi connectivity index (χ0n) is 12.3. The van der Waals surface area contributed by atoms with E-state index in [9.17, 15) is 4.79 Å². The molecule has 0 radical (unpaired) electrons. The first kappa shape index (κ1) is 14.0. The Hall–Kier alpha value is -2.95. The Labute approximate surface area is 128 Å². The Morgan fingerprint density at radius 1 is 1.05 bits per heavy atom. The van der Waals surface area contributed by atoms with Crippen LogP contribution in [0.3, 0.4) is 0 Å². The first-order valence-corrected chi connectivity index (χ1v) is 6.92. The van der Waals surface area contributed by atoms with Crippen molar-refractivity contribution >= 4 is 11.6 Å². The Bertz CT molecular complexity index is 824. The monoisotopic (exact) mass is 293 g/mol. The quantitative estimate of drug-likeness (QED) is 0.801. The molecule has 0 aliphatic heterocycles. The predicted molar refractivity (Wildman–Crippen MR) is 83.6 cm³/mol. The van der Waals surface area contributed by atoms with Crippen LogP contribution >= 0.6 is 0 Å². The van der Waals surface area contributed by atoms with Gasteiger partial charge in [-0.15, -0.1) is 0 Å². The van der Waals surface area contributed by atoms with Crippen LogP contribution < -0.4 is 5.32 Å². The Balaban J connectivity index is 1.93. The molecule has 1 aromatic heterocycles. The van der Waals surface area contributed by atoms with Crippen LogP contribution in [0.25, 0.3) is 11.5 Å². The van der Waals surface area contributed by atoms with E-state index >= 15 is 0 Å². The van der Waals surface area contributed by atoms with Crippen LogP contribution in [0.1, 0.15) is 21.7 Å². The number of rotatable bonds is 3. The molecule has 5 nitrogen and oxygen atoms in total. The van der Waals surface area contributed by atoms with E-state index in [-0.39, 0.29) is 5.91 Å². The first-order valence-electron chi connectivity index (χ1n) is 6.92. The molecule has 0 bridgehead atoms. The van der Waals surface area contributed by atoms with Crippen LogP contribution in [0.15, 0.2) is 53.1 Å². The number of aromatic nitrogens is 2. The van der Waals surface area contributed by atoms with Crippen LogP contribution in [0.4, 0.5) is 5.69 Å². The second kappa shape index (κ2) is 5.81. The lowest BCUT2D eigenvalue weighted by molar-refractivity contribution is 0.102. The van der Waals surface area contributed by atoms with Crippen LogP contribution in [-0.4, -0.2) is 16.0 Å². The summed E-state index contributed by atoms with van der Waals surface area (Å²) < 4.78 is 5.19. The van der Waals surface area contributed by atoms with E-state index in [1.54, 1.807) is 13.0 Å². The van der Waals surface area contributed by atoms with Crippen molar-refractivity contribution in [2.45, 2.75) is 13.8 Å². The summed E-state index contributed by atoms with van der Waals surface area (Å²) in [6, 6.07) is 14.8. The van der Waals surface area contributed by atoms with E-state index in [1.807, 2.05) is 49.4 Å². The zero-order chi connectivity index (χ0) is 15.5. The van der Waals surface area contributed by atoms with E-state index in [2.05, 4.69) is 15.5 Å². The summed E-state index contributed by atoms with van der Waals surface area (Å²) in [4.78, 5) is 16.7. The van der Waals surface area contributed by atoms with Crippen LogP contribution in [0.2, 0.25) is 0 Å². The number of nitrogens with one attached hydrogen (secondary N) is 1. The second-order valence-electron chi connectivity index (χ2n) is 4.96. The predicted octanol–water partition coefficient (Wildman–Crippen LogP) is 3.61. The number of amides is 1. The van der Waals surface area contributed by atoms with Crippen molar-refractivity contribution in [1.82, 2.24) is 10.1 Å². The molecule has 0 spiro atoms. The molecule has 0 fully saturated rings. The van der Waals surface area contributed by atoms with Crippen molar-refractivity contribution in [3.8, 4) is 11.5 Å². The SMILES string of the molecule is Cc1noc(-c2ccccc2NC(=O)c2ccccc2C)n1. The Kier molecular flexibility index (Phi) is 3.70. The largest absolute Gasteiger partial charge is 0.334 e. The minimum absolute atomic E-state index is 0.165. The van der Waals surface area contributed by atoms with Gasteiger partial charge in [-0.3, -0.25) is 4.79 Å². The third kappa shape index (κ3) is 2.74. The molecule has 1 heterocycles. The van der Waals surface area contributed by atoms with Gasteiger partial charge < -0.3 is 9.84 Å². The lowest BCUT2D eigenvalue weighted by Crippen LogP contribution is -2.13. The maximum atomic E-state index is 12.4. The van der Waals surface area contributed by atoms with E-state index in [4.69, 9.17) is 4.52 Å². The molecular formula is C17H15N3O2. The zero-order valence-corrected chi connectivity index (χ0v) is 12.3. The van der Waals surface area contributed by atoms with E-state index < -0.39 is 0 Å². The van der Waals surface area contributed by atoms with Crippen LogP contribution in [0, 0.1) is 13.8 Å². The van der Waals surface area contributed by atoms with E-state index in [1.165, 1.54) is 0 Å². The second-order valence-corrected chi connectivity index (χ2v) is 4.96. The third-order valence-electron chi connectivity index (χ3n) is 3.32. The number of para-hydroxylation sites is 1. The lowest BCUT2D eigenvalue weighted by atomic mass is 10.1. The fraction of sp³-hybridized carbons (Fsp3) is 0.118. The van der Waals surface area contributed by atoms with Crippen LogP contribution in [-0.2, 0) is 0 Å². The van der Waals surface area contributed by atoms with Gasteiger partial charge >= 0.3 is 0 Å². The number of anilines is 1. The Morgan fingerprint density at radius 2 is 1.77 bits per heavy atom. The van der Waals surface area contributed by atoms with Gasteiger partial charge in [-0.2, -0.15) is 4.98 Å². The topological polar surface area (TPSA) is 68.0 Å². The number of hydrogen-bond donors (Lipinski definition) is 1. The van der Waals surface area contributed by atoms with Crippen molar-refractivity contribution < 1.29 is 9.32 Å². The first-order chi connectivity index (χ1) is 10.6. The van der Waals surface area contributed by atoms with Crippen LogP contribution in [0.5, 0.6) is 0 Å². The van der Waals surface area contributed by atoms with Gasteiger partial charge in [0, 0.05) is 5.56 Å². The summed E-state index contributed by atoms with van der Waals surface area (Å²) in [6.07, 6.45) is 0. The molecule has 1 N–H and O–H groups in total. The molecule has 110 valence electrons. The van der Waals surface area contributed by atoms with Crippen molar-refractivity contribution in [2.24, 2.45) is 0 Å². The van der Waals surface area contributed by atoms with Crippen molar-refractivity contribution in [2.75, 3.05) is 5.32 Å². The minimum atomic E-state index is -0.165. The molecule has 3 rings (SSSR count). The molecule has 3 aromatic rings. The van der Waals surface area contributed by atoms with E-state index in [0.29, 0.717) is 28.5 Å². The highest BCUT2D eigenvalue weighted by Gasteiger charge is 2.15. The highest BCUT2D eigenvalue weighted by molar-refractivity contribution is 6.06. The Morgan fingerprint density at radius 3 is 2.50 bits per heavy atom. The number of aryl methyl sites for hydroxylation is 2. The highest BCUT2D eigenvalue weighted by atomic mass is 16.5. The fourth-order valence-corrected chi connectivity index (χ4v) is 2.20. The average Bonchev–Trinajstić information content (AvgIpc) is 2.94. The van der Waals surface area contributed by atoms with Crippen molar-refractivity contribution in [3.63, 3.8) is 0 Å². The number of hydrogen-bond acceptors (Lipinski definition) is 4. The van der Waals surface area contributed by atoms with Gasteiger partial charge in [-0.05, 0) is 37.6 Å². The molecular weight excluding hydrogens is 278 g/mol. The number of benzene rings is 2. The standard InChI is InChI=1S/C17H15N3O2/c1-11-7-3-4-8-13(11)16(21)19-15-10-6-5-9-14(15)17-18-12(2)20-22-17/h3-10H,1-2H3,(H,19,21). The van der Waals surface area contributed by atoms with Gasteiger partial charge in [-0.25, -0.2) is 0 Å². The molecule has 2 aromatic carbocycles. The summed E-state index contributed by atoms with van der Waals surface area (Å²) in [5, 5.41) is 6.70.